The third-order valence-electron chi connectivity index (χ3n) is 3.47. The van der Waals surface area contributed by atoms with Crippen LogP contribution in [0.15, 0.2) is 54.6 Å². The van der Waals surface area contributed by atoms with Crippen molar-refractivity contribution in [1.29, 1.82) is 0 Å². The van der Waals surface area contributed by atoms with Crippen molar-refractivity contribution in [3.63, 3.8) is 0 Å². The molecule has 23 heavy (non-hydrogen) atoms. The highest BCUT2D eigenvalue weighted by Gasteiger charge is 2.16. The second-order valence-electron chi connectivity index (χ2n) is 5.24. The largest absolute Gasteiger partial charge is 0.348 e. The van der Waals surface area contributed by atoms with E-state index in [9.17, 15) is 14.0 Å². The van der Waals surface area contributed by atoms with Gasteiger partial charge in [0.25, 0.3) is 0 Å². The maximum absolute atomic E-state index is 12.8. The normalized spacial score (nSPS) is 11.6. The van der Waals surface area contributed by atoms with Crippen LogP contribution in [-0.2, 0) is 16.0 Å². The molecule has 2 N–H and O–H groups in total. The Morgan fingerprint density at radius 1 is 1.00 bits per heavy atom. The Balaban J connectivity index is 1.76. The van der Waals surface area contributed by atoms with Gasteiger partial charge in [-0.3, -0.25) is 9.59 Å². The molecule has 0 saturated carbocycles. The monoisotopic (exact) mass is 314 g/mol. The zero-order valence-corrected chi connectivity index (χ0v) is 12.9. The fourth-order valence-corrected chi connectivity index (χ4v) is 2.14. The highest BCUT2D eigenvalue weighted by Crippen LogP contribution is 2.10. The Morgan fingerprint density at radius 2 is 1.65 bits per heavy atom. The Kier molecular flexibility index (Phi) is 5.86. The van der Waals surface area contributed by atoms with Crippen LogP contribution in [-0.4, -0.2) is 18.4 Å². The summed E-state index contributed by atoms with van der Waals surface area (Å²) in [5.74, 6) is -1.64. The first kappa shape index (κ1) is 16.7. The predicted octanol–water partition coefficient (Wildman–Crippen LogP) is 2.36. The molecule has 0 heterocycles. The number of hydrogen-bond donors (Lipinski definition) is 2. The lowest BCUT2D eigenvalue weighted by molar-refractivity contribution is -0.139. The van der Waals surface area contributed by atoms with Crippen molar-refractivity contribution < 1.29 is 14.0 Å². The zero-order chi connectivity index (χ0) is 16.7. The zero-order valence-electron chi connectivity index (χ0n) is 12.9. The Hall–Kier alpha value is -2.69. The number of carbonyl (C=O) groups excluding carboxylic acids is 2. The van der Waals surface area contributed by atoms with Gasteiger partial charge in [-0.1, -0.05) is 42.5 Å². The van der Waals surface area contributed by atoms with Gasteiger partial charge in [0, 0.05) is 6.54 Å². The Labute approximate surface area is 134 Å². The number of halogens is 1. The van der Waals surface area contributed by atoms with Gasteiger partial charge in [-0.2, -0.15) is 0 Å². The lowest BCUT2D eigenvalue weighted by Gasteiger charge is -2.14. The summed E-state index contributed by atoms with van der Waals surface area (Å²) in [6.07, 6.45) is 0.535. The number of nitrogens with one attached hydrogen (secondary N) is 2. The predicted molar refractivity (Wildman–Crippen MR) is 86.1 cm³/mol. The molecule has 0 aliphatic carbocycles. The molecule has 2 aromatic rings. The van der Waals surface area contributed by atoms with Crippen LogP contribution >= 0.6 is 0 Å². The van der Waals surface area contributed by atoms with Gasteiger partial charge >= 0.3 is 11.8 Å². The molecule has 120 valence electrons. The fraction of sp³-hybridized carbons (Fsp3) is 0.222. The van der Waals surface area contributed by atoms with Gasteiger partial charge in [-0.05, 0) is 36.6 Å². The average Bonchev–Trinajstić information content (AvgIpc) is 2.57. The summed E-state index contributed by atoms with van der Waals surface area (Å²) in [7, 11) is 0. The topological polar surface area (TPSA) is 58.2 Å². The van der Waals surface area contributed by atoms with Crippen LogP contribution in [0.3, 0.4) is 0 Å². The number of amides is 2. The van der Waals surface area contributed by atoms with Crippen LogP contribution in [0.25, 0.3) is 0 Å². The van der Waals surface area contributed by atoms with E-state index in [-0.39, 0.29) is 11.9 Å². The van der Waals surface area contributed by atoms with Crippen molar-refractivity contribution in [3.8, 4) is 0 Å². The first-order valence-electron chi connectivity index (χ1n) is 7.44. The van der Waals surface area contributed by atoms with Crippen molar-refractivity contribution in [2.24, 2.45) is 0 Å². The Bertz CT molecular complexity index is 656. The van der Waals surface area contributed by atoms with Crippen molar-refractivity contribution in [2.75, 3.05) is 6.54 Å². The van der Waals surface area contributed by atoms with E-state index in [1.54, 1.807) is 12.1 Å². The van der Waals surface area contributed by atoms with E-state index in [4.69, 9.17) is 0 Å². The van der Waals surface area contributed by atoms with E-state index >= 15 is 0 Å². The first-order chi connectivity index (χ1) is 11.1. The van der Waals surface area contributed by atoms with Gasteiger partial charge in [-0.15, -0.1) is 0 Å². The molecule has 2 rings (SSSR count). The molecule has 0 fully saturated rings. The molecular weight excluding hydrogens is 295 g/mol. The SMILES string of the molecule is C[C@@H](NC(=O)C(=O)NCCc1ccc(F)cc1)c1ccccc1. The second-order valence-corrected chi connectivity index (χ2v) is 5.24. The maximum Gasteiger partial charge on any atom is 0.309 e. The van der Waals surface area contributed by atoms with Crippen LogP contribution in [0.2, 0.25) is 0 Å². The molecule has 0 aromatic heterocycles. The quantitative estimate of drug-likeness (QED) is 0.832. The number of carbonyl (C=O) groups is 2. The van der Waals surface area contributed by atoms with E-state index in [0.29, 0.717) is 13.0 Å². The lowest BCUT2D eigenvalue weighted by Crippen LogP contribution is -2.41. The smallest absolute Gasteiger partial charge is 0.309 e. The molecule has 0 unspecified atom stereocenters. The molecule has 2 amide bonds. The molecule has 2 aromatic carbocycles. The highest BCUT2D eigenvalue weighted by atomic mass is 19.1. The third-order valence-corrected chi connectivity index (χ3v) is 3.47. The molecule has 0 spiro atoms. The summed E-state index contributed by atoms with van der Waals surface area (Å²) in [6.45, 7) is 2.14. The molecule has 0 radical (unpaired) electrons. The molecular formula is C18H19FN2O2. The van der Waals surface area contributed by atoms with Crippen molar-refractivity contribution in [2.45, 2.75) is 19.4 Å². The van der Waals surface area contributed by atoms with Crippen molar-refractivity contribution in [3.05, 3.63) is 71.5 Å². The molecule has 0 aliphatic rings. The minimum atomic E-state index is -0.671. The highest BCUT2D eigenvalue weighted by molar-refractivity contribution is 6.35. The summed E-state index contributed by atoms with van der Waals surface area (Å²) in [5.41, 5.74) is 1.82. The Morgan fingerprint density at radius 3 is 2.30 bits per heavy atom. The minimum absolute atomic E-state index is 0.244. The summed E-state index contributed by atoms with van der Waals surface area (Å²) in [5, 5.41) is 5.21. The van der Waals surface area contributed by atoms with E-state index in [0.717, 1.165) is 11.1 Å². The van der Waals surface area contributed by atoms with Gasteiger partial charge in [0.2, 0.25) is 0 Å². The van der Waals surface area contributed by atoms with Gasteiger partial charge in [-0.25, -0.2) is 4.39 Å². The molecule has 1 atom stereocenters. The van der Waals surface area contributed by atoms with E-state index in [1.807, 2.05) is 37.3 Å². The first-order valence-corrected chi connectivity index (χ1v) is 7.44. The summed E-state index contributed by atoms with van der Waals surface area (Å²) >= 11 is 0. The standard InChI is InChI=1S/C18H19FN2O2/c1-13(15-5-3-2-4-6-15)21-18(23)17(22)20-12-11-14-7-9-16(19)10-8-14/h2-10,13H,11-12H2,1H3,(H,20,22)(H,21,23)/t13-/m1/s1. The molecule has 0 aliphatic heterocycles. The van der Waals surface area contributed by atoms with Gasteiger partial charge in [0.15, 0.2) is 0 Å². The van der Waals surface area contributed by atoms with Crippen LogP contribution in [0, 0.1) is 5.82 Å². The summed E-state index contributed by atoms with van der Waals surface area (Å²) in [4.78, 5) is 23.6. The van der Waals surface area contributed by atoms with Gasteiger partial charge < -0.3 is 10.6 Å². The molecule has 0 bridgehead atoms. The van der Waals surface area contributed by atoms with Crippen LogP contribution in [0.5, 0.6) is 0 Å². The van der Waals surface area contributed by atoms with E-state index in [1.165, 1.54) is 12.1 Å². The van der Waals surface area contributed by atoms with Crippen LogP contribution < -0.4 is 10.6 Å². The number of rotatable bonds is 5. The van der Waals surface area contributed by atoms with E-state index < -0.39 is 11.8 Å². The average molecular weight is 314 g/mol. The summed E-state index contributed by atoms with van der Waals surface area (Å²) < 4.78 is 12.8. The molecule has 4 nitrogen and oxygen atoms in total. The van der Waals surface area contributed by atoms with Gasteiger partial charge in [0.1, 0.15) is 5.82 Å². The number of benzene rings is 2. The van der Waals surface area contributed by atoms with Crippen molar-refractivity contribution in [1.82, 2.24) is 10.6 Å². The molecule has 0 saturated heterocycles. The van der Waals surface area contributed by atoms with Crippen LogP contribution in [0.1, 0.15) is 24.1 Å². The van der Waals surface area contributed by atoms with Gasteiger partial charge in [0.05, 0.1) is 6.04 Å². The maximum atomic E-state index is 12.8. The van der Waals surface area contributed by atoms with E-state index in [2.05, 4.69) is 10.6 Å². The minimum Gasteiger partial charge on any atom is -0.348 e. The van der Waals surface area contributed by atoms with Crippen molar-refractivity contribution >= 4 is 11.8 Å². The van der Waals surface area contributed by atoms with Crippen LogP contribution in [0.4, 0.5) is 4.39 Å². The second kappa shape index (κ2) is 8.08. The lowest BCUT2D eigenvalue weighted by atomic mass is 10.1. The number of hydrogen-bond acceptors (Lipinski definition) is 2. The third kappa shape index (κ3) is 5.21. The fourth-order valence-electron chi connectivity index (χ4n) is 2.14. The summed E-state index contributed by atoms with van der Waals surface area (Å²) in [6, 6.07) is 15.2. The molecule has 5 heteroatoms.